The number of halogens is 4. The summed E-state index contributed by atoms with van der Waals surface area (Å²) >= 11 is 18.1. The van der Waals surface area contributed by atoms with Gasteiger partial charge in [0.15, 0.2) is 0 Å². The minimum atomic E-state index is -1.90. The van der Waals surface area contributed by atoms with E-state index < -0.39 is 51.4 Å². The molecule has 3 atom stereocenters. The number of esters is 1. The lowest BCUT2D eigenvalue weighted by Crippen LogP contribution is -2.81. The highest BCUT2D eigenvalue weighted by molar-refractivity contribution is 8.00. The molecule has 1 unspecified atom stereocenters. The molecule has 11 nitrogen and oxygen atoms in total. The van der Waals surface area contributed by atoms with Crippen molar-refractivity contribution in [3.8, 4) is 0 Å². The monoisotopic (exact) mass is 602 g/mol. The van der Waals surface area contributed by atoms with Gasteiger partial charge in [-0.3, -0.25) is 14.5 Å². The molecule has 198 valence electrons. The number of alkyl halides is 3. The Balaban J connectivity index is 0.00000456. The molecule has 3 rings (SSSR count). The van der Waals surface area contributed by atoms with Crippen LogP contribution in [0.2, 0.25) is 0 Å². The van der Waals surface area contributed by atoms with Crippen LogP contribution in [0.5, 0.6) is 0 Å². The number of benzene rings is 1. The van der Waals surface area contributed by atoms with Gasteiger partial charge in [0.2, 0.25) is 9.70 Å². The van der Waals surface area contributed by atoms with Crippen LogP contribution < -0.4 is 16.8 Å². The molecule has 2 aliphatic heterocycles. The zero-order valence-corrected chi connectivity index (χ0v) is 22.5. The molecular weight excluding hydrogens is 582 g/mol. The summed E-state index contributed by atoms with van der Waals surface area (Å²) in [6.45, 7) is -0.996. The van der Waals surface area contributed by atoms with E-state index in [1.54, 1.807) is 30.3 Å². The summed E-state index contributed by atoms with van der Waals surface area (Å²) in [5.74, 6) is -2.34. The molecule has 2 aliphatic rings. The first kappa shape index (κ1) is 30.3. The molecule has 0 aliphatic carbocycles. The Morgan fingerprint density at radius 3 is 2.44 bits per heavy atom. The Morgan fingerprint density at radius 2 is 1.89 bits per heavy atom. The number of ether oxygens (including phenoxy) is 3. The summed E-state index contributed by atoms with van der Waals surface area (Å²) in [7, 11) is 1.24. The van der Waals surface area contributed by atoms with E-state index in [1.165, 1.54) is 7.11 Å². The van der Waals surface area contributed by atoms with Gasteiger partial charge < -0.3 is 31.0 Å². The zero-order chi connectivity index (χ0) is 26.0. The van der Waals surface area contributed by atoms with Crippen molar-refractivity contribution in [3.05, 3.63) is 47.2 Å². The van der Waals surface area contributed by atoms with Gasteiger partial charge in [-0.25, -0.2) is 9.59 Å². The third kappa shape index (κ3) is 6.31. The Morgan fingerprint density at radius 1 is 1.25 bits per heavy atom. The number of fused-ring (bicyclic) bond motifs is 1. The van der Waals surface area contributed by atoms with Crippen LogP contribution in [0.25, 0.3) is 0 Å². The number of nitrogens with two attached hydrogens (primary N) is 2. The van der Waals surface area contributed by atoms with E-state index in [2.05, 4.69) is 5.32 Å². The van der Waals surface area contributed by atoms with Gasteiger partial charge in [0.05, 0.1) is 0 Å². The molecule has 0 radical (unpaired) electrons. The van der Waals surface area contributed by atoms with Gasteiger partial charge in [-0.05, 0) is 5.56 Å². The maximum atomic E-state index is 13.3. The zero-order valence-electron chi connectivity index (χ0n) is 18.6. The van der Waals surface area contributed by atoms with Gasteiger partial charge in [0, 0.05) is 18.4 Å². The van der Waals surface area contributed by atoms with Crippen molar-refractivity contribution in [1.29, 1.82) is 0 Å². The predicted molar refractivity (Wildman–Crippen MR) is 135 cm³/mol. The molecule has 1 saturated heterocycles. The summed E-state index contributed by atoms with van der Waals surface area (Å²) in [6, 6.07) is 7.46. The van der Waals surface area contributed by atoms with Crippen molar-refractivity contribution >= 4 is 82.8 Å². The number of primary amides is 1. The van der Waals surface area contributed by atoms with Gasteiger partial charge in [-0.2, -0.15) is 0 Å². The van der Waals surface area contributed by atoms with Crippen molar-refractivity contribution in [3.63, 3.8) is 0 Å². The smallest absolute Gasteiger partial charge is 0.404 e. The maximum absolute atomic E-state index is 13.3. The second-order valence-corrected chi connectivity index (χ2v) is 11.0. The third-order valence-corrected chi connectivity index (χ3v) is 6.83. The molecule has 2 heterocycles. The summed E-state index contributed by atoms with van der Waals surface area (Å²) in [4.78, 5) is 51.2. The topological polar surface area (TPSA) is 163 Å². The molecule has 1 aromatic rings. The van der Waals surface area contributed by atoms with Crippen LogP contribution in [0, 0.1) is 0 Å². The number of nitrogens with one attached hydrogen (secondary N) is 1. The molecule has 0 bridgehead atoms. The quantitative estimate of drug-likeness (QED) is 0.174. The number of hydrogen-bond acceptors (Lipinski definition) is 9. The van der Waals surface area contributed by atoms with Gasteiger partial charge in [-0.15, -0.1) is 24.2 Å². The number of β-lactam (4-membered cyclic amide) rings is 1. The summed E-state index contributed by atoms with van der Waals surface area (Å²) < 4.78 is 13.4. The summed E-state index contributed by atoms with van der Waals surface area (Å²) in [6.07, 6.45) is -1.08. The largest absolute Gasteiger partial charge is 0.456 e. The molecule has 0 aromatic heterocycles. The fourth-order valence-electron chi connectivity index (χ4n) is 3.49. The predicted octanol–water partition coefficient (Wildman–Crippen LogP) is 1.75. The van der Waals surface area contributed by atoms with Gasteiger partial charge in [0.1, 0.15) is 30.3 Å². The lowest BCUT2D eigenvalue weighted by Gasteiger charge is -2.56. The molecule has 0 spiro atoms. The van der Waals surface area contributed by atoms with E-state index in [1.807, 2.05) is 0 Å². The molecule has 36 heavy (non-hydrogen) atoms. The van der Waals surface area contributed by atoms with Crippen molar-refractivity contribution < 1.29 is 33.4 Å². The number of carbonyl (C=O) groups excluding carboxylic acids is 4. The third-order valence-electron chi connectivity index (χ3n) is 5.13. The van der Waals surface area contributed by atoms with Gasteiger partial charge in [-0.1, -0.05) is 65.1 Å². The minimum Gasteiger partial charge on any atom is -0.456 e. The number of hydrogen-bond donors (Lipinski definition) is 3. The number of nitrogens with zero attached hydrogens (tertiary/aromatic N) is 1. The number of thioether (sulfide) groups is 1. The van der Waals surface area contributed by atoms with Gasteiger partial charge >= 0.3 is 12.1 Å². The molecule has 1 aromatic carbocycles. The van der Waals surface area contributed by atoms with Crippen molar-refractivity contribution in [2.45, 2.75) is 20.9 Å². The van der Waals surface area contributed by atoms with Crippen molar-refractivity contribution in [1.82, 2.24) is 10.2 Å². The average molecular weight is 604 g/mol. The van der Waals surface area contributed by atoms with E-state index in [9.17, 15) is 19.2 Å². The number of rotatable bonds is 8. The lowest BCUT2D eigenvalue weighted by atomic mass is 9.97. The molecule has 0 saturated carbocycles. The Bertz CT molecular complexity index is 1060. The highest BCUT2D eigenvalue weighted by Gasteiger charge is 2.67. The average Bonchev–Trinajstić information content (AvgIpc) is 2.83. The van der Waals surface area contributed by atoms with Crippen LogP contribution in [0.4, 0.5) is 4.79 Å². The van der Waals surface area contributed by atoms with E-state index in [-0.39, 0.29) is 36.0 Å². The van der Waals surface area contributed by atoms with E-state index >= 15 is 0 Å². The van der Waals surface area contributed by atoms with Crippen LogP contribution in [0.3, 0.4) is 0 Å². The summed E-state index contributed by atoms with van der Waals surface area (Å²) in [5, 5.41) is 1.69. The molecule has 3 amide bonds. The van der Waals surface area contributed by atoms with E-state index in [0.29, 0.717) is 5.56 Å². The Labute approximate surface area is 231 Å². The standard InChI is InChI=1S/C20H21Cl3N4O7S.ClH/c1-32-20(26-14(28)12(24)10-5-3-2-4-6-10)16(30)27-13(15(29)34-9-19(21,22)23)11(7-33-18(25)31)8-35-17(20)27;/h2-6,12,17H,7-9,24H2,1H3,(H2,25,31)(H,26,28);1H/t12?,17-,20-;/m0./s1. The molecule has 1 fully saturated rings. The number of methoxy groups -OCH3 is 1. The normalized spacial score (nSPS) is 22.0. The molecule has 5 N–H and O–H groups in total. The van der Waals surface area contributed by atoms with Crippen LogP contribution in [0.1, 0.15) is 11.6 Å². The molecule has 16 heteroatoms. The van der Waals surface area contributed by atoms with Crippen molar-refractivity contribution in [2.24, 2.45) is 11.5 Å². The minimum absolute atomic E-state index is 0. The summed E-state index contributed by atoms with van der Waals surface area (Å²) in [5.41, 5.74) is 9.79. The first-order valence-electron chi connectivity index (χ1n) is 9.92. The van der Waals surface area contributed by atoms with Crippen LogP contribution in [0.15, 0.2) is 41.6 Å². The second-order valence-electron chi connectivity index (χ2n) is 7.41. The highest BCUT2D eigenvalue weighted by atomic mass is 35.6. The number of carbonyl (C=O) groups is 4. The first-order valence-corrected chi connectivity index (χ1v) is 12.1. The maximum Gasteiger partial charge on any atom is 0.404 e. The second kappa shape index (κ2) is 12.1. The Hall–Kier alpha value is -1.93. The highest BCUT2D eigenvalue weighted by Crippen LogP contribution is 2.47. The van der Waals surface area contributed by atoms with Crippen LogP contribution >= 0.6 is 59.0 Å². The van der Waals surface area contributed by atoms with E-state index in [4.69, 9.17) is 60.5 Å². The van der Waals surface area contributed by atoms with E-state index in [0.717, 1.165) is 16.7 Å². The fourth-order valence-corrected chi connectivity index (χ4v) is 5.07. The number of amides is 3. The van der Waals surface area contributed by atoms with Crippen molar-refractivity contribution in [2.75, 3.05) is 26.1 Å². The SMILES string of the molecule is CO[C@@]1(NC(=O)C(N)c2ccccc2)C(=O)N2C(C(=O)OCC(Cl)(Cl)Cl)=C(COC(N)=O)CS[C@H]21.Cl. The molecular formula is C20H22Cl4N4O7S. The van der Waals surface area contributed by atoms with Crippen LogP contribution in [-0.2, 0) is 28.6 Å². The fraction of sp³-hybridized carbons (Fsp3) is 0.400. The van der Waals surface area contributed by atoms with Gasteiger partial charge in [0.25, 0.3) is 11.6 Å². The Kier molecular flexibility index (Phi) is 10.2. The lowest BCUT2D eigenvalue weighted by molar-refractivity contribution is -0.193. The first-order chi connectivity index (χ1) is 16.4. The van der Waals surface area contributed by atoms with Crippen LogP contribution in [-0.4, -0.2) is 69.7 Å².